The monoisotopic (exact) mass is 416 g/mol. The topological polar surface area (TPSA) is 110 Å². The molecule has 10 heteroatoms. The molecule has 0 spiro atoms. The Morgan fingerprint density at radius 2 is 2.03 bits per heavy atom. The van der Waals surface area contributed by atoms with Crippen molar-refractivity contribution in [3.63, 3.8) is 0 Å². The molecule has 1 fully saturated rings. The van der Waals surface area contributed by atoms with Gasteiger partial charge in [-0.15, -0.1) is 4.80 Å². The number of likely N-dealkylation sites (tertiary alicyclic amines) is 1. The van der Waals surface area contributed by atoms with E-state index in [1.165, 1.54) is 16.3 Å². The fourth-order valence-electron chi connectivity index (χ4n) is 3.75. The highest BCUT2D eigenvalue weighted by atomic mass is 32.1. The zero-order valence-electron chi connectivity index (χ0n) is 16.9. The standard InChI is InChI=1S/C19H24N6O3S/c1-11-5-6-13(16-23-15(12(2)28-16)19(3,4)27)10-24(11)17(26)14-9-22-29-18(14)25-20-7-8-21-25/h7-9,11,13,27H,5-6,10H2,1-4H3. The number of aryl methyl sites for hydroxylation is 1. The molecule has 154 valence electrons. The summed E-state index contributed by atoms with van der Waals surface area (Å²) in [4.78, 5) is 21.1. The predicted molar refractivity (Wildman–Crippen MR) is 106 cm³/mol. The first-order valence-electron chi connectivity index (χ1n) is 9.58. The minimum absolute atomic E-state index is 0.0252. The zero-order chi connectivity index (χ0) is 20.8. The average molecular weight is 417 g/mol. The first-order chi connectivity index (χ1) is 13.8. The van der Waals surface area contributed by atoms with Crippen LogP contribution in [-0.4, -0.2) is 52.9 Å². The summed E-state index contributed by atoms with van der Waals surface area (Å²) in [5, 5.41) is 19.1. The summed E-state index contributed by atoms with van der Waals surface area (Å²) in [6, 6.07) is 0.0851. The molecule has 3 aromatic heterocycles. The van der Waals surface area contributed by atoms with Gasteiger partial charge in [0, 0.05) is 12.6 Å². The number of carbonyl (C=O) groups is 1. The molecule has 4 rings (SSSR count). The molecule has 29 heavy (non-hydrogen) atoms. The fourth-order valence-corrected chi connectivity index (χ4v) is 4.41. The van der Waals surface area contributed by atoms with Gasteiger partial charge in [-0.25, -0.2) is 4.98 Å². The number of rotatable bonds is 4. The van der Waals surface area contributed by atoms with E-state index in [-0.39, 0.29) is 17.9 Å². The van der Waals surface area contributed by atoms with Crippen LogP contribution in [0.5, 0.6) is 0 Å². The molecule has 0 saturated carbocycles. The molecule has 1 aliphatic rings. The minimum Gasteiger partial charge on any atom is -0.445 e. The van der Waals surface area contributed by atoms with Gasteiger partial charge in [0.05, 0.1) is 30.1 Å². The van der Waals surface area contributed by atoms with Gasteiger partial charge in [-0.3, -0.25) is 4.79 Å². The molecule has 1 amide bonds. The lowest BCUT2D eigenvalue weighted by Gasteiger charge is -2.36. The molecule has 3 aromatic rings. The highest BCUT2D eigenvalue weighted by Gasteiger charge is 2.35. The van der Waals surface area contributed by atoms with Crippen LogP contribution >= 0.6 is 11.5 Å². The van der Waals surface area contributed by atoms with Crippen molar-refractivity contribution < 1.29 is 14.3 Å². The van der Waals surface area contributed by atoms with E-state index < -0.39 is 5.60 Å². The van der Waals surface area contributed by atoms with E-state index in [0.717, 1.165) is 12.8 Å². The normalized spacial score (nSPS) is 20.2. The van der Waals surface area contributed by atoms with Crippen LogP contribution in [-0.2, 0) is 5.60 Å². The number of hydrogen-bond acceptors (Lipinski definition) is 8. The van der Waals surface area contributed by atoms with Gasteiger partial charge in [0.2, 0.25) is 0 Å². The van der Waals surface area contributed by atoms with Crippen LogP contribution in [0.1, 0.15) is 67.2 Å². The van der Waals surface area contributed by atoms with Gasteiger partial charge in [0.1, 0.15) is 17.1 Å². The molecular weight excluding hydrogens is 392 g/mol. The van der Waals surface area contributed by atoms with Crippen LogP contribution in [0.3, 0.4) is 0 Å². The van der Waals surface area contributed by atoms with E-state index in [9.17, 15) is 9.90 Å². The molecule has 0 bridgehead atoms. The number of carbonyl (C=O) groups excluding carboxylic acids is 1. The average Bonchev–Trinajstić information content (AvgIpc) is 3.40. The van der Waals surface area contributed by atoms with E-state index in [0.29, 0.717) is 34.5 Å². The maximum atomic E-state index is 13.3. The van der Waals surface area contributed by atoms with Gasteiger partial charge in [-0.2, -0.15) is 14.6 Å². The third-order valence-electron chi connectivity index (χ3n) is 5.27. The Morgan fingerprint density at radius 1 is 1.31 bits per heavy atom. The van der Waals surface area contributed by atoms with Crippen LogP contribution in [0.4, 0.5) is 0 Å². The van der Waals surface area contributed by atoms with E-state index in [2.05, 4.69) is 19.6 Å². The highest BCUT2D eigenvalue weighted by molar-refractivity contribution is 7.08. The van der Waals surface area contributed by atoms with Crippen molar-refractivity contribution in [3.8, 4) is 5.00 Å². The van der Waals surface area contributed by atoms with Gasteiger partial charge in [-0.1, -0.05) is 0 Å². The van der Waals surface area contributed by atoms with E-state index >= 15 is 0 Å². The Morgan fingerprint density at radius 3 is 2.69 bits per heavy atom. The van der Waals surface area contributed by atoms with Crippen molar-refractivity contribution in [1.82, 2.24) is 29.3 Å². The number of hydrogen-bond donors (Lipinski definition) is 1. The molecule has 1 saturated heterocycles. The Bertz CT molecular complexity index is 1000. The van der Waals surface area contributed by atoms with E-state index in [4.69, 9.17) is 4.42 Å². The molecular formula is C19H24N6O3S. The van der Waals surface area contributed by atoms with Crippen LogP contribution in [0.2, 0.25) is 0 Å². The minimum atomic E-state index is -1.07. The second-order valence-electron chi connectivity index (χ2n) is 7.96. The maximum Gasteiger partial charge on any atom is 0.258 e. The molecule has 0 radical (unpaired) electrons. The van der Waals surface area contributed by atoms with Crippen molar-refractivity contribution in [3.05, 3.63) is 41.5 Å². The van der Waals surface area contributed by atoms with Crippen LogP contribution < -0.4 is 0 Å². The summed E-state index contributed by atoms with van der Waals surface area (Å²) < 4.78 is 10.0. The Labute approximate surface area is 172 Å². The van der Waals surface area contributed by atoms with Gasteiger partial charge in [-0.05, 0) is 52.1 Å². The van der Waals surface area contributed by atoms with Crippen molar-refractivity contribution in [2.24, 2.45) is 0 Å². The van der Waals surface area contributed by atoms with Gasteiger partial charge in [0.25, 0.3) is 5.91 Å². The predicted octanol–water partition coefficient (Wildman–Crippen LogP) is 2.66. The SMILES string of the molecule is Cc1oc(C2CCC(C)N(C(=O)c3cnsc3-n3nccn3)C2)nc1C(C)(C)O. The Balaban J connectivity index is 1.59. The molecule has 0 aromatic carbocycles. The first kappa shape index (κ1) is 19.7. The maximum absolute atomic E-state index is 13.3. The van der Waals surface area contributed by atoms with Crippen LogP contribution in [0.25, 0.3) is 5.00 Å². The van der Waals surface area contributed by atoms with Gasteiger partial charge in [0.15, 0.2) is 10.9 Å². The third kappa shape index (κ3) is 3.69. The lowest BCUT2D eigenvalue weighted by molar-refractivity contribution is 0.0594. The first-order valence-corrected chi connectivity index (χ1v) is 10.4. The summed E-state index contributed by atoms with van der Waals surface area (Å²) >= 11 is 1.19. The quantitative estimate of drug-likeness (QED) is 0.696. The summed E-state index contributed by atoms with van der Waals surface area (Å²) in [5.41, 5.74) is -0.0466. The van der Waals surface area contributed by atoms with E-state index in [1.807, 2.05) is 11.8 Å². The van der Waals surface area contributed by atoms with Crippen molar-refractivity contribution in [2.45, 2.75) is 58.1 Å². The molecule has 4 heterocycles. The molecule has 2 unspecified atom stereocenters. The third-order valence-corrected chi connectivity index (χ3v) is 6.03. The highest BCUT2D eigenvalue weighted by Crippen LogP contribution is 2.34. The summed E-state index contributed by atoms with van der Waals surface area (Å²) in [6.45, 7) is 7.72. The van der Waals surface area contributed by atoms with Gasteiger partial charge >= 0.3 is 0 Å². The second kappa shape index (κ2) is 7.34. The van der Waals surface area contributed by atoms with Crippen molar-refractivity contribution >= 4 is 17.4 Å². The molecule has 9 nitrogen and oxygen atoms in total. The largest absolute Gasteiger partial charge is 0.445 e. The Hall–Kier alpha value is -2.59. The van der Waals surface area contributed by atoms with Crippen molar-refractivity contribution in [1.29, 1.82) is 0 Å². The van der Waals surface area contributed by atoms with E-state index in [1.54, 1.807) is 39.4 Å². The zero-order valence-corrected chi connectivity index (χ0v) is 17.7. The fraction of sp³-hybridized carbons (Fsp3) is 0.526. The number of aromatic nitrogens is 5. The second-order valence-corrected chi connectivity index (χ2v) is 8.74. The molecule has 0 aliphatic carbocycles. The summed E-state index contributed by atoms with van der Waals surface area (Å²) in [5.74, 6) is 1.05. The van der Waals surface area contributed by atoms with Crippen molar-refractivity contribution in [2.75, 3.05) is 6.54 Å². The number of oxazole rings is 1. The lowest BCUT2D eigenvalue weighted by Crippen LogP contribution is -2.45. The van der Waals surface area contributed by atoms with Crippen LogP contribution in [0, 0.1) is 6.92 Å². The number of piperidine rings is 1. The molecule has 1 N–H and O–H groups in total. The molecule has 2 atom stereocenters. The van der Waals surface area contributed by atoms with Gasteiger partial charge < -0.3 is 14.4 Å². The number of amides is 1. The summed E-state index contributed by atoms with van der Waals surface area (Å²) in [6.07, 6.45) is 6.41. The summed E-state index contributed by atoms with van der Waals surface area (Å²) in [7, 11) is 0. The molecule has 1 aliphatic heterocycles. The smallest absolute Gasteiger partial charge is 0.258 e. The number of aliphatic hydroxyl groups is 1. The van der Waals surface area contributed by atoms with Crippen LogP contribution in [0.15, 0.2) is 23.0 Å². The lowest BCUT2D eigenvalue weighted by atomic mass is 9.92. The Kier molecular flexibility index (Phi) is 4.99. The number of nitrogens with zero attached hydrogens (tertiary/aromatic N) is 6.